The Morgan fingerprint density at radius 1 is 1.13 bits per heavy atom. The van der Waals surface area contributed by atoms with E-state index >= 15 is 0 Å². The molecule has 1 aliphatic rings. The molecule has 0 radical (unpaired) electrons. The zero-order valence-corrected chi connectivity index (χ0v) is 18.2. The van der Waals surface area contributed by atoms with E-state index in [0.717, 1.165) is 17.1 Å². The number of methoxy groups -OCH3 is 1. The fourth-order valence-electron chi connectivity index (χ4n) is 3.97. The lowest BCUT2D eigenvalue weighted by molar-refractivity contribution is -0.140. The predicted molar refractivity (Wildman–Crippen MR) is 121 cm³/mol. The molecule has 4 rings (SSSR count). The Morgan fingerprint density at radius 3 is 2.65 bits per heavy atom. The van der Waals surface area contributed by atoms with Gasteiger partial charge in [0.25, 0.3) is 0 Å². The minimum atomic E-state index is -0.213. The van der Waals surface area contributed by atoms with E-state index in [1.54, 1.807) is 12.4 Å². The molecule has 1 aliphatic heterocycles. The van der Waals surface area contributed by atoms with E-state index < -0.39 is 0 Å². The molecular weight excluding hydrogens is 410 g/mol. The van der Waals surface area contributed by atoms with Crippen LogP contribution in [-0.2, 0) is 16.1 Å². The van der Waals surface area contributed by atoms with Crippen molar-refractivity contribution in [3.05, 3.63) is 84.2 Å². The average Bonchev–Trinajstić information content (AvgIpc) is 3.38. The fourth-order valence-corrected chi connectivity index (χ4v) is 4.30. The summed E-state index contributed by atoms with van der Waals surface area (Å²) < 4.78 is 6.99. The molecule has 0 aromatic carbocycles. The van der Waals surface area contributed by atoms with Crippen LogP contribution in [0.15, 0.2) is 67.1 Å². The number of hydrogen-bond donors (Lipinski definition) is 1. The Kier molecular flexibility index (Phi) is 6.57. The molecule has 1 N–H and O–H groups in total. The maximum absolute atomic E-state index is 11.6. The highest BCUT2D eigenvalue weighted by Gasteiger charge is 2.40. The van der Waals surface area contributed by atoms with Crippen molar-refractivity contribution in [2.75, 3.05) is 13.7 Å². The van der Waals surface area contributed by atoms with E-state index in [-0.39, 0.29) is 18.1 Å². The third-order valence-electron chi connectivity index (χ3n) is 5.43. The van der Waals surface area contributed by atoms with Gasteiger partial charge in [-0.15, -0.1) is 0 Å². The van der Waals surface area contributed by atoms with Crippen molar-refractivity contribution in [2.24, 2.45) is 0 Å². The Morgan fingerprint density at radius 2 is 1.94 bits per heavy atom. The van der Waals surface area contributed by atoms with Gasteiger partial charge in [-0.1, -0.05) is 12.1 Å². The van der Waals surface area contributed by atoms with Crippen LogP contribution in [0.1, 0.15) is 42.0 Å². The SMILES string of the molecule is COC(=O)CCCN1C(=S)N[C@@H](c2ccccn2)[C@@H]1c1cccn1Cc1ccccn1. The number of pyridine rings is 2. The molecular formula is C23H25N5O2S. The Labute approximate surface area is 187 Å². The Hall–Kier alpha value is -3.26. The first-order valence-electron chi connectivity index (χ1n) is 10.3. The van der Waals surface area contributed by atoms with E-state index in [2.05, 4.69) is 37.0 Å². The second kappa shape index (κ2) is 9.70. The van der Waals surface area contributed by atoms with Crippen molar-refractivity contribution in [1.29, 1.82) is 0 Å². The van der Waals surface area contributed by atoms with Gasteiger partial charge in [0, 0.05) is 37.3 Å². The number of thiocarbonyl (C=S) groups is 1. The third kappa shape index (κ3) is 4.74. The van der Waals surface area contributed by atoms with Crippen LogP contribution in [-0.4, -0.2) is 44.2 Å². The zero-order chi connectivity index (χ0) is 21.6. The summed E-state index contributed by atoms with van der Waals surface area (Å²) in [5, 5.41) is 4.11. The van der Waals surface area contributed by atoms with Crippen LogP contribution < -0.4 is 5.32 Å². The van der Waals surface area contributed by atoms with Gasteiger partial charge < -0.3 is 19.5 Å². The minimum absolute atomic E-state index is 0.0567. The molecule has 0 amide bonds. The molecule has 1 fully saturated rings. The predicted octanol–water partition coefficient (Wildman–Crippen LogP) is 3.25. The molecule has 0 aliphatic carbocycles. The first kappa shape index (κ1) is 21.0. The summed E-state index contributed by atoms with van der Waals surface area (Å²) in [7, 11) is 1.41. The van der Waals surface area contributed by atoms with Crippen LogP contribution >= 0.6 is 12.2 Å². The zero-order valence-electron chi connectivity index (χ0n) is 17.3. The maximum atomic E-state index is 11.6. The Balaban J connectivity index is 1.65. The van der Waals surface area contributed by atoms with Crippen molar-refractivity contribution in [3.63, 3.8) is 0 Å². The quantitative estimate of drug-likeness (QED) is 0.430. The molecule has 0 spiro atoms. The van der Waals surface area contributed by atoms with E-state index in [1.807, 2.05) is 42.5 Å². The number of nitrogens with zero attached hydrogens (tertiary/aromatic N) is 4. The van der Waals surface area contributed by atoms with Gasteiger partial charge in [-0.05, 0) is 55.0 Å². The van der Waals surface area contributed by atoms with Crippen LogP contribution in [0, 0.1) is 0 Å². The number of aromatic nitrogens is 3. The number of nitrogens with one attached hydrogen (secondary N) is 1. The van der Waals surface area contributed by atoms with Gasteiger partial charge in [0.05, 0.1) is 37.1 Å². The molecule has 0 saturated carbocycles. The summed E-state index contributed by atoms with van der Waals surface area (Å²) in [5.41, 5.74) is 3.03. The number of esters is 1. The molecule has 31 heavy (non-hydrogen) atoms. The van der Waals surface area contributed by atoms with Crippen LogP contribution in [0.3, 0.4) is 0 Å². The molecule has 0 unspecified atom stereocenters. The molecule has 4 heterocycles. The molecule has 3 aromatic rings. The van der Waals surface area contributed by atoms with Crippen LogP contribution in [0.4, 0.5) is 0 Å². The summed E-state index contributed by atoms with van der Waals surface area (Å²) in [4.78, 5) is 22.8. The minimum Gasteiger partial charge on any atom is -0.469 e. The van der Waals surface area contributed by atoms with Gasteiger partial charge in [-0.2, -0.15) is 0 Å². The van der Waals surface area contributed by atoms with E-state index in [9.17, 15) is 4.79 Å². The molecule has 160 valence electrons. The lowest BCUT2D eigenvalue weighted by Crippen LogP contribution is -2.32. The smallest absolute Gasteiger partial charge is 0.305 e. The van der Waals surface area contributed by atoms with Crippen LogP contribution in [0.25, 0.3) is 0 Å². The topological polar surface area (TPSA) is 72.3 Å². The largest absolute Gasteiger partial charge is 0.469 e. The lowest BCUT2D eigenvalue weighted by atomic mass is 10.0. The van der Waals surface area contributed by atoms with E-state index in [1.165, 1.54) is 7.11 Å². The first-order chi connectivity index (χ1) is 15.2. The number of rotatable bonds is 8. The maximum Gasteiger partial charge on any atom is 0.305 e. The fraction of sp³-hybridized carbons (Fsp3) is 0.304. The van der Waals surface area contributed by atoms with Gasteiger partial charge in [-0.3, -0.25) is 14.8 Å². The van der Waals surface area contributed by atoms with Gasteiger partial charge in [0.2, 0.25) is 0 Å². The summed E-state index contributed by atoms with van der Waals surface area (Å²) in [5.74, 6) is -0.213. The van der Waals surface area contributed by atoms with Crippen molar-refractivity contribution in [3.8, 4) is 0 Å². The number of carbonyl (C=O) groups is 1. The van der Waals surface area contributed by atoms with Crippen molar-refractivity contribution >= 4 is 23.3 Å². The van der Waals surface area contributed by atoms with Crippen molar-refractivity contribution < 1.29 is 9.53 Å². The van der Waals surface area contributed by atoms with Gasteiger partial charge >= 0.3 is 5.97 Å². The summed E-state index contributed by atoms with van der Waals surface area (Å²) in [6.07, 6.45) is 6.67. The van der Waals surface area contributed by atoms with Crippen molar-refractivity contribution in [1.82, 2.24) is 24.8 Å². The molecule has 1 saturated heterocycles. The molecule has 7 nitrogen and oxygen atoms in total. The number of ether oxygens (including phenoxy) is 1. The summed E-state index contributed by atoms with van der Waals surface area (Å²) >= 11 is 5.70. The van der Waals surface area contributed by atoms with Crippen LogP contribution in [0.2, 0.25) is 0 Å². The normalized spacial score (nSPS) is 18.1. The van der Waals surface area contributed by atoms with E-state index in [4.69, 9.17) is 17.0 Å². The summed E-state index contributed by atoms with van der Waals surface area (Å²) in [6.45, 7) is 1.31. The molecule has 2 atom stereocenters. The number of hydrogen-bond acceptors (Lipinski definition) is 5. The monoisotopic (exact) mass is 435 g/mol. The third-order valence-corrected chi connectivity index (χ3v) is 5.78. The first-order valence-corrected chi connectivity index (χ1v) is 10.7. The van der Waals surface area contributed by atoms with Crippen molar-refractivity contribution in [2.45, 2.75) is 31.5 Å². The van der Waals surface area contributed by atoms with Gasteiger partial charge in [0.1, 0.15) is 0 Å². The highest BCUT2D eigenvalue weighted by molar-refractivity contribution is 7.80. The second-order valence-electron chi connectivity index (χ2n) is 7.38. The molecule has 0 bridgehead atoms. The second-order valence-corrected chi connectivity index (χ2v) is 7.77. The highest BCUT2D eigenvalue weighted by Crippen LogP contribution is 2.39. The average molecular weight is 436 g/mol. The van der Waals surface area contributed by atoms with Gasteiger partial charge in [0.15, 0.2) is 5.11 Å². The standard InChI is InChI=1S/C23H25N5O2S/c1-30-20(29)11-7-15-28-22(21(26-23(28)31)18-9-3-5-13-25-18)19-10-6-14-27(19)16-17-8-2-4-12-24-17/h2-6,8-10,12-14,21-22H,7,11,15-16H2,1H3,(H,26,31)/t21-,22-/m0/s1. The highest BCUT2D eigenvalue weighted by atomic mass is 32.1. The molecule has 8 heteroatoms. The van der Waals surface area contributed by atoms with Crippen LogP contribution in [0.5, 0.6) is 0 Å². The lowest BCUT2D eigenvalue weighted by Gasteiger charge is -2.28. The Bertz CT molecular complexity index is 1020. The van der Waals surface area contributed by atoms with E-state index in [0.29, 0.717) is 31.0 Å². The number of carbonyl (C=O) groups excluding carboxylic acids is 1. The summed E-state index contributed by atoms with van der Waals surface area (Å²) in [6, 6.07) is 15.8. The van der Waals surface area contributed by atoms with Gasteiger partial charge in [-0.25, -0.2) is 0 Å². The molecule has 3 aromatic heterocycles.